The summed E-state index contributed by atoms with van der Waals surface area (Å²) in [5.74, 6) is -2.01. The number of halogens is 6. The molecule has 1 aromatic heterocycles. The molecule has 0 aliphatic heterocycles. The van der Waals surface area contributed by atoms with Crippen LogP contribution in [0.4, 0.5) is 26.3 Å². The summed E-state index contributed by atoms with van der Waals surface area (Å²) in [6, 6.07) is 2.69. The van der Waals surface area contributed by atoms with Crippen molar-refractivity contribution >= 4 is 11.9 Å². The molecular weight excluding hydrogens is 382 g/mol. The molecule has 0 saturated carbocycles. The van der Waals surface area contributed by atoms with Gasteiger partial charge in [-0.05, 0) is 24.6 Å². The Hall–Kier alpha value is -3.04. The zero-order valence-electron chi connectivity index (χ0n) is 13.4. The number of hydrogen-bond acceptors (Lipinski definition) is 4. The van der Waals surface area contributed by atoms with Crippen LogP contribution in [0.2, 0.25) is 0 Å². The van der Waals surface area contributed by atoms with E-state index in [1.54, 1.807) is 0 Å². The number of aromatic hydroxyl groups is 1. The number of alkyl halides is 6. The van der Waals surface area contributed by atoms with Gasteiger partial charge in [0.05, 0.1) is 11.1 Å². The van der Waals surface area contributed by atoms with E-state index in [0.29, 0.717) is 12.2 Å². The second kappa shape index (κ2) is 6.93. The van der Waals surface area contributed by atoms with Gasteiger partial charge in [-0.3, -0.25) is 4.79 Å². The Morgan fingerprint density at radius 1 is 1.11 bits per heavy atom. The van der Waals surface area contributed by atoms with Crippen LogP contribution in [0.25, 0.3) is 6.08 Å². The molecule has 2 aromatic rings. The van der Waals surface area contributed by atoms with Gasteiger partial charge in [0.25, 0.3) is 0 Å². The number of rotatable bonds is 3. The average Bonchev–Trinajstić information content (AvgIpc) is 2.49. The van der Waals surface area contributed by atoms with E-state index in [-0.39, 0.29) is 11.8 Å². The molecule has 0 aliphatic rings. The van der Waals surface area contributed by atoms with Crippen LogP contribution in [0.3, 0.4) is 0 Å². The Labute approximate surface area is 147 Å². The van der Waals surface area contributed by atoms with E-state index < -0.39 is 51.8 Å². The van der Waals surface area contributed by atoms with E-state index in [0.717, 1.165) is 18.2 Å². The number of benzene rings is 1. The van der Waals surface area contributed by atoms with Gasteiger partial charge in [0, 0.05) is 6.07 Å². The highest BCUT2D eigenvalue weighted by Crippen LogP contribution is 2.42. The van der Waals surface area contributed by atoms with Gasteiger partial charge in [0.2, 0.25) is 0 Å². The van der Waals surface area contributed by atoms with Gasteiger partial charge in [-0.15, -0.1) is 0 Å². The molecule has 0 spiro atoms. The Kier molecular flexibility index (Phi) is 5.21. The largest absolute Gasteiger partial charge is 0.507 e. The minimum absolute atomic E-state index is 0.0183. The first-order valence-corrected chi connectivity index (χ1v) is 7.16. The third kappa shape index (κ3) is 4.39. The van der Waals surface area contributed by atoms with Gasteiger partial charge in [-0.1, -0.05) is 18.2 Å². The lowest BCUT2D eigenvalue weighted by molar-refractivity contribution is -0.162. The molecule has 0 amide bonds. The standard InChI is InChI=1S/C17H10F6O4/c1-8-7-12(25)13(15(26)27-8)11(24)6-5-9-3-2-4-10(16(18,19)20)14(9)17(21,22)23/h2-7,25H,1H3. The van der Waals surface area contributed by atoms with Crippen LogP contribution in [0.5, 0.6) is 5.75 Å². The average molecular weight is 392 g/mol. The van der Waals surface area contributed by atoms with E-state index in [4.69, 9.17) is 0 Å². The number of carbonyl (C=O) groups is 1. The molecule has 4 nitrogen and oxygen atoms in total. The van der Waals surface area contributed by atoms with E-state index >= 15 is 0 Å². The van der Waals surface area contributed by atoms with Gasteiger partial charge in [0.1, 0.15) is 17.1 Å². The maximum Gasteiger partial charge on any atom is 0.417 e. The Bertz CT molecular complexity index is 967. The van der Waals surface area contributed by atoms with Crippen molar-refractivity contribution in [2.45, 2.75) is 19.3 Å². The molecule has 0 radical (unpaired) electrons. The molecule has 0 unspecified atom stereocenters. The van der Waals surface area contributed by atoms with Gasteiger partial charge >= 0.3 is 18.0 Å². The topological polar surface area (TPSA) is 67.5 Å². The lowest BCUT2D eigenvalue weighted by Crippen LogP contribution is -2.18. The summed E-state index contributed by atoms with van der Waals surface area (Å²) < 4.78 is 82.7. The lowest BCUT2D eigenvalue weighted by Gasteiger charge is -2.17. The number of aryl methyl sites for hydroxylation is 1. The highest BCUT2D eigenvalue weighted by Gasteiger charge is 2.44. The molecule has 0 bridgehead atoms. The quantitative estimate of drug-likeness (QED) is 0.472. The summed E-state index contributed by atoms with van der Waals surface area (Å²) in [5, 5.41) is 9.63. The molecular formula is C17H10F6O4. The molecule has 0 atom stereocenters. The fourth-order valence-corrected chi connectivity index (χ4v) is 2.33. The van der Waals surface area contributed by atoms with Crippen molar-refractivity contribution in [1.29, 1.82) is 0 Å². The predicted molar refractivity (Wildman–Crippen MR) is 81.2 cm³/mol. The van der Waals surface area contributed by atoms with Gasteiger partial charge in [-0.2, -0.15) is 26.3 Å². The Morgan fingerprint density at radius 2 is 1.74 bits per heavy atom. The second-order valence-corrected chi connectivity index (χ2v) is 5.37. The highest BCUT2D eigenvalue weighted by molar-refractivity contribution is 6.08. The molecule has 2 rings (SSSR count). The number of carbonyl (C=O) groups excluding carboxylic acids is 1. The predicted octanol–water partition coefficient (Wildman–Crippen LogP) is 4.59. The summed E-state index contributed by atoms with van der Waals surface area (Å²) in [6.45, 7) is 1.31. The molecule has 0 saturated heterocycles. The summed E-state index contributed by atoms with van der Waals surface area (Å²) in [6.07, 6.45) is -9.68. The van der Waals surface area contributed by atoms with Crippen LogP contribution < -0.4 is 5.63 Å². The summed E-state index contributed by atoms with van der Waals surface area (Å²) in [7, 11) is 0. The zero-order chi connectivity index (χ0) is 20.6. The summed E-state index contributed by atoms with van der Waals surface area (Å²) in [5.41, 5.74) is -6.90. The van der Waals surface area contributed by atoms with Crippen LogP contribution in [-0.2, 0) is 12.4 Å². The summed E-state index contributed by atoms with van der Waals surface area (Å²) >= 11 is 0. The third-order valence-electron chi connectivity index (χ3n) is 3.40. The van der Waals surface area contributed by atoms with Crippen molar-refractivity contribution in [3.63, 3.8) is 0 Å². The SMILES string of the molecule is Cc1cc(O)c(C(=O)C=Cc2cccc(C(F)(F)F)c2C(F)(F)F)c(=O)o1. The van der Waals surface area contributed by atoms with E-state index in [9.17, 15) is 41.0 Å². The smallest absolute Gasteiger partial charge is 0.417 e. The van der Waals surface area contributed by atoms with Gasteiger partial charge < -0.3 is 9.52 Å². The minimum atomic E-state index is -5.35. The van der Waals surface area contributed by atoms with Crippen LogP contribution in [-0.4, -0.2) is 10.9 Å². The van der Waals surface area contributed by atoms with E-state index in [2.05, 4.69) is 4.42 Å². The summed E-state index contributed by atoms with van der Waals surface area (Å²) in [4.78, 5) is 23.6. The lowest BCUT2D eigenvalue weighted by atomic mass is 9.99. The first kappa shape index (κ1) is 20.3. The first-order valence-electron chi connectivity index (χ1n) is 7.16. The van der Waals surface area contributed by atoms with Crippen LogP contribution in [0.15, 0.2) is 39.6 Å². The maximum atomic E-state index is 13.1. The number of ketones is 1. The van der Waals surface area contributed by atoms with Gasteiger partial charge in [-0.25, -0.2) is 4.79 Å². The van der Waals surface area contributed by atoms with Gasteiger partial charge in [0.15, 0.2) is 5.78 Å². The molecule has 27 heavy (non-hydrogen) atoms. The van der Waals surface area contributed by atoms with Crippen LogP contribution in [0.1, 0.15) is 32.8 Å². The van der Waals surface area contributed by atoms with Crippen molar-refractivity contribution in [2.24, 2.45) is 0 Å². The monoisotopic (exact) mass is 392 g/mol. The normalized spacial score (nSPS) is 12.6. The van der Waals surface area contributed by atoms with E-state index in [1.165, 1.54) is 6.92 Å². The molecule has 1 heterocycles. The van der Waals surface area contributed by atoms with Crippen molar-refractivity contribution < 1.29 is 40.7 Å². The van der Waals surface area contributed by atoms with Crippen LogP contribution in [0, 0.1) is 6.92 Å². The minimum Gasteiger partial charge on any atom is -0.507 e. The fourth-order valence-electron chi connectivity index (χ4n) is 2.33. The van der Waals surface area contributed by atoms with Crippen molar-refractivity contribution in [3.8, 4) is 5.75 Å². The molecule has 1 aromatic carbocycles. The number of allylic oxidation sites excluding steroid dienone is 1. The van der Waals surface area contributed by atoms with E-state index in [1.807, 2.05) is 0 Å². The van der Waals surface area contributed by atoms with Crippen LogP contribution >= 0.6 is 0 Å². The second-order valence-electron chi connectivity index (χ2n) is 5.37. The van der Waals surface area contributed by atoms with Crippen molar-refractivity contribution in [3.05, 3.63) is 68.8 Å². The fraction of sp³-hybridized carbons (Fsp3) is 0.176. The van der Waals surface area contributed by atoms with Crippen molar-refractivity contribution in [1.82, 2.24) is 0 Å². The third-order valence-corrected chi connectivity index (χ3v) is 3.40. The molecule has 1 N–H and O–H groups in total. The molecule has 0 aliphatic carbocycles. The highest BCUT2D eigenvalue weighted by atomic mass is 19.4. The number of hydrogen-bond donors (Lipinski definition) is 1. The molecule has 0 fully saturated rings. The zero-order valence-corrected chi connectivity index (χ0v) is 13.4. The molecule has 144 valence electrons. The molecule has 10 heteroatoms. The van der Waals surface area contributed by atoms with Crippen molar-refractivity contribution in [2.75, 3.05) is 0 Å². The Balaban J connectivity index is 2.55. The Morgan fingerprint density at radius 3 is 2.26 bits per heavy atom. The maximum absolute atomic E-state index is 13.1. The first-order chi connectivity index (χ1) is 12.3.